The van der Waals surface area contributed by atoms with Crippen LogP contribution in [0.25, 0.3) is 11.3 Å². The normalized spacial score (nSPS) is 16.2. The largest absolute Gasteiger partial charge is 0.486 e. The molecule has 5 rings (SSSR count). The zero-order valence-corrected chi connectivity index (χ0v) is 20.5. The number of piperidine rings is 1. The number of benzene rings is 2. The summed E-state index contributed by atoms with van der Waals surface area (Å²) < 4.78 is 17.2. The van der Waals surface area contributed by atoms with Crippen molar-refractivity contribution in [3.8, 4) is 28.6 Å². The molecule has 184 valence electrons. The van der Waals surface area contributed by atoms with Crippen LogP contribution >= 0.6 is 0 Å². The summed E-state index contributed by atoms with van der Waals surface area (Å²) in [5.41, 5.74) is 4.74. The van der Waals surface area contributed by atoms with Crippen LogP contribution in [0.15, 0.2) is 54.6 Å². The summed E-state index contributed by atoms with van der Waals surface area (Å²) in [4.78, 5) is 7.17. The number of methoxy groups -OCH3 is 1. The molecule has 1 aromatic heterocycles. The van der Waals surface area contributed by atoms with Crippen molar-refractivity contribution in [2.24, 2.45) is 5.92 Å². The van der Waals surface area contributed by atoms with Gasteiger partial charge in [-0.05, 0) is 87.4 Å². The van der Waals surface area contributed by atoms with Crippen LogP contribution in [0, 0.1) is 5.92 Å². The summed E-state index contributed by atoms with van der Waals surface area (Å²) in [6.07, 6.45) is 2.55. The molecule has 2 N–H and O–H groups in total. The Balaban J connectivity index is 1.26. The molecule has 0 spiro atoms. The van der Waals surface area contributed by atoms with E-state index in [4.69, 9.17) is 19.2 Å². The molecule has 0 aliphatic carbocycles. The smallest absolute Gasteiger partial charge is 0.238 e. The molecule has 35 heavy (non-hydrogen) atoms. The van der Waals surface area contributed by atoms with Gasteiger partial charge in [0.1, 0.15) is 18.9 Å². The van der Waals surface area contributed by atoms with Crippen molar-refractivity contribution in [1.82, 2.24) is 15.2 Å². The lowest BCUT2D eigenvalue weighted by atomic mass is 9.97. The van der Waals surface area contributed by atoms with E-state index >= 15 is 0 Å². The van der Waals surface area contributed by atoms with Crippen molar-refractivity contribution in [1.29, 1.82) is 0 Å². The first-order chi connectivity index (χ1) is 17.2. The molecule has 2 aliphatic heterocycles. The molecule has 2 aliphatic rings. The number of fused-ring (bicyclic) bond motifs is 1. The zero-order valence-electron chi connectivity index (χ0n) is 20.5. The van der Waals surface area contributed by atoms with E-state index in [0.29, 0.717) is 19.1 Å². The highest BCUT2D eigenvalue weighted by Crippen LogP contribution is 2.40. The van der Waals surface area contributed by atoms with E-state index in [-0.39, 0.29) is 0 Å². The molecule has 1 fully saturated rings. The summed E-state index contributed by atoms with van der Waals surface area (Å²) in [7, 11) is 3.85. The number of nitrogens with one attached hydrogen (secondary N) is 2. The van der Waals surface area contributed by atoms with Crippen LogP contribution in [-0.4, -0.2) is 56.9 Å². The van der Waals surface area contributed by atoms with Crippen LogP contribution in [0.5, 0.6) is 17.4 Å². The van der Waals surface area contributed by atoms with Crippen LogP contribution in [0.1, 0.15) is 18.4 Å². The fourth-order valence-electron chi connectivity index (χ4n) is 4.72. The first-order valence-corrected chi connectivity index (χ1v) is 12.4. The molecule has 0 atom stereocenters. The quantitative estimate of drug-likeness (QED) is 0.490. The number of aromatic nitrogens is 1. The van der Waals surface area contributed by atoms with Crippen molar-refractivity contribution in [2.75, 3.05) is 52.3 Å². The van der Waals surface area contributed by atoms with Crippen LogP contribution in [0.4, 0.5) is 11.4 Å². The van der Waals surface area contributed by atoms with Gasteiger partial charge in [0.2, 0.25) is 5.88 Å². The molecule has 1 saturated heterocycles. The Hall–Kier alpha value is -3.29. The van der Waals surface area contributed by atoms with E-state index in [9.17, 15) is 0 Å². The molecule has 7 heteroatoms. The van der Waals surface area contributed by atoms with Crippen LogP contribution in [0.3, 0.4) is 0 Å². The standard InChI is InChI=1S/C28H34N4O3/c1-32-13-11-20(12-14-32)18-29-19-21-5-3-6-22(17-21)30-25-10-9-24(31-28(25)33-2)23-7-4-8-26-27(23)35-16-15-34-26/h3-10,17,20,29-30H,11-16,18-19H2,1-2H3. The number of rotatable bonds is 8. The molecule has 0 radical (unpaired) electrons. The highest BCUT2D eigenvalue weighted by Gasteiger charge is 2.19. The van der Waals surface area contributed by atoms with Crippen LogP contribution < -0.4 is 24.8 Å². The Bertz CT molecular complexity index is 1140. The minimum atomic E-state index is 0.530. The van der Waals surface area contributed by atoms with Gasteiger partial charge in [-0.25, -0.2) is 4.98 Å². The number of para-hydroxylation sites is 1. The molecule has 0 bridgehead atoms. The second kappa shape index (κ2) is 11.0. The fraction of sp³-hybridized carbons (Fsp3) is 0.393. The summed E-state index contributed by atoms with van der Waals surface area (Å²) in [6, 6.07) is 18.3. The van der Waals surface area contributed by atoms with Gasteiger partial charge >= 0.3 is 0 Å². The predicted octanol–water partition coefficient (Wildman–Crippen LogP) is 4.70. The molecule has 3 heterocycles. The molecule has 7 nitrogen and oxygen atoms in total. The molecule has 0 amide bonds. The third kappa shape index (κ3) is 5.69. The van der Waals surface area contributed by atoms with Gasteiger partial charge < -0.3 is 29.7 Å². The lowest BCUT2D eigenvalue weighted by Gasteiger charge is -2.29. The van der Waals surface area contributed by atoms with Gasteiger partial charge in [-0.1, -0.05) is 18.2 Å². The van der Waals surface area contributed by atoms with Gasteiger partial charge in [-0.3, -0.25) is 0 Å². The second-order valence-corrected chi connectivity index (χ2v) is 9.29. The maximum Gasteiger partial charge on any atom is 0.238 e. The van der Waals surface area contributed by atoms with Crippen molar-refractivity contribution in [2.45, 2.75) is 19.4 Å². The molecule has 3 aromatic rings. The van der Waals surface area contributed by atoms with Gasteiger partial charge in [0, 0.05) is 17.8 Å². The number of likely N-dealkylation sites (tertiary alicyclic amines) is 1. The first kappa shape index (κ1) is 23.5. The Labute approximate surface area is 207 Å². The van der Waals surface area contributed by atoms with E-state index in [1.807, 2.05) is 30.3 Å². The molecule has 0 unspecified atom stereocenters. The average molecular weight is 475 g/mol. The molecular weight excluding hydrogens is 440 g/mol. The first-order valence-electron chi connectivity index (χ1n) is 12.4. The minimum Gasteiger partial charge on any atom is -0.486 e. The average Bonchev–Trinajstić information content (AvgIpc) is 2.90. The highest BCUT2D eigenvalue weighted by molar-refractivity contribution is 5.74. The topological polar surface area (TPSA) is 67.9 Å². The number of hydrogen-bond acceptors (Lipinski definition) is 7. The van der Waals surface area contributed by atoms with Gasteiger partial charge in [0.05, 0.1) is 12.8 Å². The van der Waals surface area contributed by atoms with E-state index in [2.05, 4.69) is 46.8 Å². The predicted molar refractivity (Wildman–Crippen MR) is 139 cm³/mol. The van der Waals surface area contributed by atoms with Crippen LogP contribution in [-0.2, 0) is 6.54 Å². The highest BCUT2D eigenvalue weighted by atomic mass is 16.6. The number of nitrogens with zero attached hydrogens (tertiary/aromatic N) is 2. The number of pyridine rings is 1. The summed E-state index contributed by atoms with van der Waals surface area (Å²) in [5, 5.41) is 7.12. The minimum absolute atomic E-state index is 0.530. The monoisotopic (exact) mass is 474 g/mol. The third-order valence-electron chi connectivity index (χ3n) is 6.70. The van der Waals surface area contributed by atoms with E-state index < -0.39 is 0 Å². The van der Waals surface area contributed by atoms with Crippen molar-refractivity contribution in [3.63, 3.8) is 0 Å². The van der Waals surface area contributed by atoms with E-state index in [1.165, 1.54) is 31.5 Å². The Kier molecular flexibility index (Phi) is 7.35. The summed E-state index contributed by atoms with van der Waals surface area (Å²) in [5.74, 6) is 2.78. The lowest BCUT2D eigenvalue weighted by molar-refractivity contribution is 0.172. The summed E-state index contributed by atoms with van der Waals surface area (Å²) >= 11 is 0. The number of ether oxygens (including phenoxy) is 3. The molecule has 0 saturated carbocycles. The number of hydrogen-bond donors (Lipinski definition) is 2. The van der Waals surface area contributed by atoms with Gasteiger partial charge in [0.25, 0.3) is 0 Å². The van der Waals surface area contributed by atoms with Crippen molar-refractivity contribution >= 4 is 11.4 Å². The van der Waals surface area contributed by atoms with Gasteiger partial charge in [-0.2, -0.15) is 0 Å². The lowest BCUT2D eigenvalue weighted by Crippen LogP contribution is -2.34. The Morgan fingerprint density at radius 3 is 2.71 bits per heavy atom. The Morgan fingerprint density at radius 1 is 1.03 bits per heavy atom. The maximum absolute atomic E-state index is 5.87. The van der Waals surface area contributed by atoms with Gasteiger partial charge in [-0.15, -0.1) is 0 Å². The zero-order chi connectivity index (χ0) is 24.0. The van der Waals surface area contributed by atoms with E-state index in [1.54, 1.807) is 7.11 Å². The molecular formula is C28H34N4O3. The summed E-state index contributed by atoms with van der Waals surface area (Å²) in [6.45, 7) is 5.43. The van der Waals surface area contributed by atoms with Crippen molar-refractivity contribution < 1.29 is 14.2 Å². The second-order valence-electron chi connectivity index (χ2n) is 9.29. The SMILES string of the molecule is COc1nc(-c2cccc3c2OCCO3)ccc1Nc1cccc(CNCC2CCN(C)CC2)c1. The van der Waals surface area contributed by atoms with E-state index in [0.717, 1.165) is 53.1 Å². The third-order valence-corrected chi connectivity index (χ3v) is 6.70. The maximum atomic E-state index is 5.87. The van der Waals surface area contributed by atoms with Crippen LogP contribution in [0.2, 0.25) is 0 Å². The number of anilines is 2. The fourth-order valence-corrected chi connectivity index (χ4v) is 4.72. The van der Waals surface area contributed by atoms with Gasteiger partial charge in [0.15, 0.2) is 11.5 Å². The molecule has 2 aromatic carbocycles. The van der Waals surface area contributed by atoms with Crippen molar-refractivity contribution in [3.05, 3.63) is 60.2 Å². The Morgan fingerprint density at radius 2 is 1.86 bits per heavy atom.